The van der Waals surface area contributed by atoms with E-state index < -0.39 is 14.2 Å². The molecule has 1 saturated heterocycles. The van der Waals surface area contributed by atoms with Crippen molar-refractivity contribution >= 4 is 36.8 Å². The number of ketones is 1. The molecule has 2 aromatic heterocycles. The van der Waals surface area contributed by atoms with Crippen LogP contribution in [-0.2, 0) is 11.5 Å². The van der Waals surface area contributed by atoms with Crippen LogP contribution in [-0.4, -0.2) is 70.2 Å². The number of piperidine rings is 1. The van der Waals surface area contributed by atoms with Gasteiger partial charge in [-0.3, -0.25) is 4.79 Å². The van der Waals surface area contributed by atoms with Crippen molar-refractivity contribution in [2.45, 2.75) is 77.0 Å². The summed E-state index contributed by atoms with van der Waals surface area (Å²) in [5.74, 6) is 0.790. The van der Waals surface area contributed by atoms with Gasteiger partial charge in [0.05, 0.1) is 5.39 Å². The number of nitrogens with one attached hydrogen (secondary N) is 1. The zero-order valence-corrected chi connectivity index (χ0v) is 21.5. The lowest BCUT2D eigenvalue weighted by atomic mass is 9.96. The topological polar surface area (TPSA) is 110 Å². The fourth-order valence-corrected chi connectivity index (χ4v) is 5.69. The second-order valence-electron chi connectivity index (χ2n) is 10.8. The molecule has 0 bridgehead atoms. The molecule has 1 amide bonds. The summed E-state index contributed by atoms with van der Waals surface area (Å²) in [6.45, 7) is 8.93. The minimum absolute atomic E-state index is 0.0390. The fourth-order valence-electron chi connectivity index (χ4n) is 4.93. The molecule has 0 spiro atoms. The number of amides is 1. The van der Waals surface area contributed by atoms with Crippen LogP contribution >= 0.6 is 0 Å². The highest BCUT2D eigenvalue weighted by Gasteiger charge is 2.30. The van der Waals surface area contributed by atoms with E-state index >= 15 is 0 Å². The van der Waals surface area contributed by atoms with Gasteiger partial charge in [-0.05, 0) is 31.7 Å². The number of likely N-dealkylation sites (tertiary alicyclic amines) is 1. The number of Topliss-reactive ketones (excluding diaryl/α,β-unsaturated/α-hetero) is 1. The Labute approximate surface area is 201 Å². The number of carbonyl (C=O) groups is 2. The summed E-state index contributed by atoms with van der Waals surface area (Å²) in [7, 11) is -1.20. The van der Waals surface area contributed by atoms with Crippen molar-refractivity contribution in [3.05, 3.63) is 18.1 Å². The highest BCUT2D eigenvalue weighted by molar-refractivity contribution is 6.76. The minimum Gasteiger partial charge on any atom is -0.465 e. The number of hydrogen-bond donors (Lipinski definition) is 2. The van der Waals surface area contributed by atoms with Crippen molar-refractivity contribution in [1.82, 2.24) is 19.4 Å². The number of rotatable bonds is 9. The van der Waals surface area contributed by atoms with Crippen LogP contribution in [0.15, 0.2) is 12.5 Å². The van der Waals surface area contributed by atoms with E-state index in [0.29, 0.717) is 43.5 Å². The van der Waals surface area contributed by atoms with E-state index in [1.54, 1.807) is 0 Å². The van der Waals surface area contributed by atoms with E-state index in [2.05, 4.69) is 34.9 Å². The molecule has 2 N–H and O–H groups in total. The van der Waals surface area contributed by atoms with Crippen LogP contribution < -0.4 is 5.32 Å². The van der Waals surface area contributed by atoms with E-state index in [-0.39, 0.29) is 17.7 Å². The second kappa shape index (κ2) is 10.4. The lowest BCUT2D eigenvalue weighted by Crippen LogP contribution is -2.44. The third-order valence-corrected chi connectivity index (χ3v) is 8.61. The Morgan fingerprint density at radius 2 is 1.94 bits per heavy atom. The molecule has 34 heavy (non-hydrogen) atoms. The van der Waals surface area contributed by atoms with E-state index in [1.807, 2.05) is 10.8 Å². The SMILES string of the molecule is C[Si](C)(C)CCOCn1cc(C(=O)C2CCCC2)c2c(NC3CCCN(C(=O)O)C3)ncnc21. The molecule has 0 radical (unpaired) electrons. The lowest BCUT2D eigenvalue weighted by molar-refractivity contribution is 0.0886. The average molecular weight is 488 g/mol. The van der Waals surface area contributed by atoms with Crippen molar-refractivity contribution in [3.8, 4) is 0 Å². The molecule has 10 heteroatoms. The van der Waals surface area contributed by atoms with Gasteiger partial charge in [0.15, 0.2) is 5.78 Å². The van der Waals surface area contributed by atoms with Gasteiger partial charge in [-0.2, -0.15) is 0 Å². The smallest absolute Gasteiger partial charge is 0.407 e. The summed E-state index contributed by atoms with van der Waals surface area (Å²) in [6.07, 6.45) is 8.13. The van der Waals surface area contributed by atoms with Gasteiger partial charge < -0.3 is 24.6 Å². The first kappa shape index (κ1) is 24.7. The van der Waals surface area contributed by atoms with E-state index in [1.165, 1.54) is 11.2 Å². The second-order valence-corrected chi connectivity index (χ2v) is 16.5. The monoisotopic (exact) mass is 487 g/mol. The minimum atomic E-state index is -1.20. The predicted octanol–water partition coefficient (Wildman–Crippen LogP) is 4.67. The van der Waals surface area contributed by atoms with Crippen molar-refractivity contribution < 1.29 is 19.4 Å². The lowest BCUT2D eigenvalue weighted by Gasteiger charge is -2.31. The van der Waals surface area contributed by atoms with Gasteiger partial charge in [-0.25, -0.2) is 14.8 Å². The summed E-state index contributed by atoms with van der Waals surface area (Å²) in [6, 6.07) is 1.01. The van der Waals surface area contributed by atoms with Crippen LogP contribution in [0.3, 0.4) is 0 Å². The van der Waals surface area contributed by atoms with Crippen LogP contribution in [0.5, 0.6) is 0 Å². The first-order valence-electron chi connectivity index (χ1n) is 12.4. The molecule has 1 aliphatic heterocycles. The molecule has 186 valence electrons. The molecular formula is C24H37N5O4Si. The number of fused-ring (bicyclic) bond motifs is 1. The Morgan fingerprint density at radius 3 is 2.65 bits per heavy atom. The molecule has 1 saturated carbocycles. The maximum atomic E-state index is 13.5. The number of anilines is 1. The first-order valence-corrected chi connectivity index (χ1v) is 16.1. The van der Waals surface area contributed by atoms with Crippen molar-refractivity contribution in [2.75, 3.05) is 25.0 Å². The maximum Gasteiger partial charge on any atom is 0.407 e. The maximum absolute atomic E-state index is 13.5. The first-order chi connectivity index (χ1) is 16.2. The quantitative estimate of drug-likeness (QED) is 0.300. The van der Waals surface area contributed by atoms with Crippen molar-refractivity contribution in [1.29, 1.82) is 0 Å². The van der Waals surface area contributed by atoms with Gasteiger partial charge in [-0.1, -0.05) is 32.5 Å². The van der Waals surface area contributed by atoms with Crippen LogP contribution in [0.2, 0.25) is 25.7 Å². The number of aromatic nitrogens is 3. The molecule has 4 rings (SSSR count). The van der Waals surface area contributed by atoms with Gasteiger partial charge in [0, 0.05) is 51.5 Å². The molecule has 1 aliphatic carbocycles. The van der Waals surface area contributed by atoms with Gasteiger partial charge in [-0.15, -0.1) is 0 Å². The molecule has 0 aromatic carbocycles. The Kier molecular flexibility index (Phi) is 7.56. The van der Waals surface area contributed by atoms with Gasteiger partial charge in [0.25, 0.3) is 0 Å². The van der Waals surface area contributed by atoms with E-state index in [0.717, 1.165) is 50.0 Å². The Balaban J connectivity index is 1.62. The number of ether oxygens (including phenoxy) is 1. The summed E-state index contributed by atoms with van der Waals surface area (Å²) < 4.78 is 7.90. The molecule has 1 atom stereocenters. The van der Waals surface area contributed by atoms with Gasteiger partial charge >= 0.3 is 6.09 Å². The zero-order chi connectivity index (χ0) is 24.3. The number of carboxylic acid groups (broad SMARTS) is 1. The highest BCUT2D eigenvalue weighted by atomic mass is 28.3. The Hall–Kier alpha value is -2.46. The van der Waals surface area contributed by atoms with Crippen molar-refractivity contribution in [3.63, 3.8) is 0 Å². The third-order valence-electron chi connectivity index (χ3n) is 6.90. The number of carbonyl (C=O) groups excluding carboxylic acids is 1. The van der Waals surface area contributed by atoms with E-state index in [9.17, 15) is 14.7 Å². The Morgan fingerprint density at radius 1 is 1.18 bits per heavy atom. The summed E-state index contributed by atoms with van der Waals surface area (Å²) in [4.78, 5) is 35.4. The molecule has 2 aliphatic rings. The summed E-state index contributed by atoms with van der Waals surface area (Å²) in [5, 5.41) is 13.6. The van der Waals surface area contributed by atoms with E-state index in [4.69, 9.17) is 4.74 Å². The van der Waals surface area contributed by atoms with Crippen LogP contribution in [0.4, 0.5) is 10.6 Å². The highest BCUT2D eigenvalue weighted by Crippen LogP contribution is 2.34. The summed E-state index contributed by atoms with van der Waals surface area (Å²) >= 11 is 0. The van der Waals surface area contributed by atoms with Gasteiger partial charge in [0.1, 0.15) is 24.5 Å². The molecular weight excluding hydrogens is 450 g/mol. The summed E-state index contributed by atoms with van der Waals surface area (Å²) in [5.41, 5.74) is 1.32. The predicted molar refractivity (Wildman–Crippen MR) is 134 cm³/mol. The Bertz CT molecular complexity index is 1030. The number of nitrogens with zero attached hydrogens (tertiary/aromatic N) is 4. The molecule has 2 aromatic rings. The molecule has 2 fully saturated rings. The van der Waals surface area contributed by atoms with Gasteiger partial charge in [0.2, 0.25) is 0 Å². The number of hydrogen-bond acceptors (Lipinski definition) is 6. The fraction of sp³-hybridized carbons (Fsp3) is 0.667. The van der Waals surface area contributed by atoms with Crippen LogP contribution in [0.1, 0.15) is 48.9 Å². The van der Waals surface area contributed by atoms with Crippen molar-refractivity contribution in [2.24, 2.45) is 5.92 Å². The standard InChI is InChI=1S/C24H37N5O4Si/c1-34(2,3)12-11-33-16-29-14-19(21(30)17-7-4-5-8-17)20-22(25-15-26-23(20)29)27-18-9-6-10-28(13-18)24(31)32/h14-15,17-18H,4-13,16H2,1-3H3,(H,31,32)(H,25,26,27). The van der Waals surface area contributed by atoms with Crippen LogP contribution in [0.25, 0.3) is 11.0 Å². The van der Waals surface area contributed by atoms with Crippen LogP contribution in [0, 0.1) is 5.92 Å². The molecule has 9 nitrogen and oxygen atoms in total. The normalized spacial score (nSPS) is 19.6. The molecule has 3 heterocycles. The third kappa shape index (κ3) is 5.78. The average Bonchev–Trinajstić information content (AvgIpc) is 3.45. The largest absolute Gasteiger partial charge is 0.465 e. The molecule has 1 unspecified atom stereocenters. The zero-order valence-electron chi connectivity index (χ0n) is 20.5.